The number of aliphatic hydroxyl groups is 3. The molecule has 0 unspecified atom stereocenters. The highest BCUT2D eigenvalue weighted by Crippen LogP contribution is 2.22. The smallest absolute Gasteiger partial charge is 0.0960 e. The third kappa shape index (κ3) is 5.13. The SMILES string of the molecule is OCc1ccc([C@@H](O)C[C@@H](O)CSc2ccccn2)cc1. The summed E-state index contributed by atoms with van der Waals surface area (Å²) in [6, 6.07) is 12.7. The van der Waals surface area contributed by atoms with Gasteiger partial charge in [0, 0.05) is 18.4 Å². The van der Waals surface area contributed by atoms with Crippen molar-refractivity contribution in [2.45, 2.75) is 30.3 Å². The highest BCUT2D eigenvalue weighted by Gasteiger charge is 2.14. The van der Waals surface area contributed by atoms with Gasteiger partial charge in [-0.15, -0.1) is 11.8 Å². The molecular weight excluding hydrogens is 286 g/mol. The van der Waals surface area contributed by atoms with E-state index in [9.17, 15) is 10.2 Å². The average molecular weight is 305 g/mol. The molecule has 1 aromatic carbocycles. The summed E-state index contributed by atoms with van der Waals surface area (Å²) in [4.78, 5) is 4.17. The van der Waals surface area contributed by atoms with Crippen LogP contribution in [0.3, 0.4) is 0 Å². The van der Waals surface area contributed by atoms with Crippen LogP contribution in [0.15, 0.2) is 53.7 Å². The zero-order valence-corrected chi connectivity index (χ0v) is 12.4. The number of benzene rings is 1. The number of thioether (sulfide) groups is 1. The standard InChI is InChI=1S/C16H19NO3S/c18-10-12-4-6-13(7-5-12)15(20)9-14(19)11-21-16-3-1-2-8-17-16/h1-8,14-15,18-20H,9-11H2/t14-,15+/m1/s1. The summed E-state index contributed by atoms with van der Waals surface area (Å²) in [5.41, 5.74) is 1.55. The molecule has 0 aliphatic carbocycles. The van der Waals surface area contributed by atoms with Crippen LogP contribution in [0.2, 0.25) is 0 Å². The molecule has 0 bridgehead atoms. The van der Waals surface area contributed by atoms with Gasteiger partial charge in [0.15, 0.2) is 0 Å². The monoisotopic (exact) mass is 305 g/mol. The molecule has 21 heavy (non-hydrogen) atoms. The average Bonchev–Trinajstić information content (AvgIpc) is 2.54. The van der Waals surface area contributed by atoms with Gasteiger partial charge in [-0.1, -0.05) is 30.3 Å². The van der Waals surface area contributed by atoms with E-state index in [1.54, 1.807) is 30.5 Å². The van der Waals surface area contributed by atoms with Gasteiger partial charge in [-0.2, -0.15) is 0 Å². The Hall–Kier alpha value is -1.40. The normalized spacial score (nSPS) is 13.9. The Labute approximate surface area is 128 Å². The van der Waals surface area contributed by atoms with E-state index < -0.39 is 12.2 Å². The molecule has 5 heteroatoms. The van der Waals surface area contributed by atoms with Crippen molar-refractivity contribution in [1.29, 1.82) is 0 Å². The van der Waals surface area contributed by atoms with Crippen LogP contribution in [0.4, 0.5) is 0 Å². The number of aliphatic hydroxyl groups excluding tert-OH is 3. The molecule has 0 fully saturated rings. The predicted octanol–water partition coefficient (Wildman–Crippen LogP) is 2.15. The minimum absolute atomic E-state index is 0.0142. The lowest BCUT2D eigenvalue weighted by atomic mass is 10.0. The second kappa shape index (κ2) is 8.14. The van der Waals surface area contributed by atoms with Crippen molar-refractivity contribution in [3.05, 3.63) is 59.8 Å². The van der Waals surface area contributed by atoms with E-state index >= 15 is 0 Å². The first kappa shape index (κ1) is 16.0. The van der Waals surface area contributed by atoms with E-state index in [2.05, 4.69) is 4.98 Å². The van der Waals surface area contributed by atoms with Crippen molar-refractivity contribution in [3.8, 4) is 0 Å². The van der Waals surface area contributed by atoms with Gasteiger partial charge < -0.3 is 15.3 Å². The Kier molecular flexibility index (Phi) is 6.20. The molecule has 0 saturated heterocycles. The molecule has 2 aromatic rings. The van der Waals surface area contributed by atoms with Gasteiger partial charge in [0.05, 0.1) is 23.8 Å². The maximum absolute atomic E-state index is 10.1. The van der Waals surface area contributed by atoms with Gasteiger partial charge in [0.1, 0.15) is 0 Å². The second-order valence-corrected chi connectivity index (χ2v) is 5.82. The van der Waals surface area contributed by atoms with E-state index in [0.29, 0.717) is 5.75 Å². The summed E-state index contributed by atoms with van der Waals surface area (Å²) >= 11 is 1.47. The maximum atomic E-state index is 10.1. The fourth-order valence-electron chi connectivity index (χ4n) is 1.92. The molecule has 3 N–H and O–H groups in total. The van der Waals surface area contributed by atoms with E-state index in [-0.39, 0.29) is 13.0 Å². The Morgan fingerprint density at radius 3 is 2.43 bits per heavy atom. The fraction of sp³-hybridized carbons (Fsp3) is 0.312. The zero-order valence-electron chi connectivity index (χ0n) is 11.6. The Morgan fingerprint density at radius 1 is 1.05 bits per heavy atom. The van der Waals surface area contributed by atoms with Gasteiger partial charge >= 0.3 is 0 Å². The Bertz CT molecular complexity index is 533. The van der Waals surface area contributed by atoms with Crippen LogP contribution >= 0.6 is 11.8 Å². The lowest BCUT2D eigenvalue weighted by Crippen LogP contribution is -2.15. The number of rotatable bonds is 7. The second-order valence-electron chi connectivity index (χ2n) is 4.78. The third-order valence-electron chi connectivity index (χ3n) is 3.10. The van der Waals surface area contributed by atoms with Crippen LogP contribution in [-0.4, -0.2) is 32.2 Å². The van der Waals surface area contributed by atoms with Crippen molar-refractivity contribution in [1.82, 2.24) is 4.98 Å². The molecule has 1 aromatic heterocycles. The van der Waals surface area contributed by atoms with Crippen molar-refractivity contribution in [2.24, 2.45) is 0 Å². The molecule has 0 radical (unpaired) electrons. The summed E-state index contributed by atoms with van der Waals surface area (Å²) in [6.45, 7) is -0.0142. The van der Waals surface area contributed by atoms with Gasteiger partial charge in [-0.25, -0.2) is 4.98 Å². The third-order valence-corrected chi connectivity index (χ3v) is 4.19. The topological polar surface area (TPSA) is 73.6 Å². The quantitative estimate of drug-likeness (QED) is 0.684. The molecule has 0 amide bonds. The number of hydrogen-bond donors (Lipinski definition) is 3. The van der Waals surface area contributed by atoms with E-state index in [4.69, 9.17) is 5.11 Å². The van der Waals surface area contributed by atoms with Gasteiger partial charge in [0.2, 0.25) is 0 Å². The largest absolute Gasteiger partial charge is 0.392 e. The van der Waals surface area contributed by atoms with E-state index in [0.717, 1.165) is 16.2 Å². The molecule has 0 saturated carbocycles. The van der Waals surface area contributed by atoms with Crippen molar-refractivity contribution in [2.75, 3.05) is 5.75 Å². The molecule has 1 heterocycles. The molecular formula is C16H19NO3S. The maximum Gasteiger partial charge on any atom is 0.0960 e. The molecule has 4 nitrogen and oxygen atoms in total. The minimum atomic E-state index is -0.711. The molecule has 0 aliphatic rings. The summed E-state index contributed by atoms with van der Waals surface area (Å²) in [5, 5.41) is 29.9. The number of pyridine rings is 1. The van der Waals surface area contributed by atoms with Crippen LogP contribution in [0.1, 0.15) is 23.7 Å². The number of hydrogen-bond acceptors (Lipinski definition) is 5. The fourth-order valence-corrected chi connectivity index (χ4v) is 2.73. The summed E-state index contributed by atoms with van der Waals surface area (Å²) in [7, 11) is 0. The van der Waals surface area contributed by atoms with Gasteiger partial charge in [0.25, 0.3) is 0 Å². The van der Waals surface area contributed by atoms with E-state index in [1.807, 2.05) is 18.2 Å². The lowest BCUT2D eigenvalue weighted by Gasteiger charge is -2.16. The number of aromatic nitrogens is 1. The van der Waals surface area contributed by atoms with E-state index in [1.165, 1.54) is 11.8 Å². The molecule has 0 aliphatic heterocycles. The first-order valence-electron chi connectivity index (χ1n) is 6.78. The first-order chi connectivity index (χ1) is 10.2. The zero-order chi connectivity index (χ0) is 15.1. The molecule has 0 spiro atoms. The van der Waals surface area contributed by atoms with Gasteiger partial charge in [-0.05, 0) is 23.3 Å². The van der Waals surface area contributed by atoms with Crippen molar-refractivity contribution >= 4 is 11.8 Å². The predicted molar refractivity (Wildman–Crippen MR) is 82.9 cm³/mol. The minimum Gasteiger partial charge on any atom is -0.392 e. The number of nitrogens with zero attached hydrogens (tertiary/aromatic N) is 1. The van der Waals surface area contributed by atoms with Gasteiger partial charge in [-0.3, -0.25) is 0 Å². The van der Waals surface area contributed by atoms with Crippen molar-refractivity contribution < 1.29 is 15.3 Å². The summed E-state index contributed by atoms with van der Waals surface area (Å²) < 4.78 is 0. The van der Waals surface area contributed by atoms with Crippen LogP contribution in [0.5, 0.6) is 0 Å². The Morgan fingerprint density at radius 2 is 1.81 bits per heavy atom. The van der Waals surface area contributed by atoms with Crippen LogP contribution < -0.4 is 0 Å². The van der Waals surface area contributed by atoms with Crippen molar-refractivity contribution in [3.63, 3.8) is 0 Å². The van der Waals surface area contributed by atoms with Crippen LogP contribution in [-0.2, 0) is 6.61 Å². The van der Waals surface area contributed by atoms with Crippen LogP contribution in [0, 0.1) is 0 Å². The summed E-state index contributed by atoms with van der Waals surface area (Å²) in [5.74, 6) is 0.489. The Balaban J connectivity index is 1.82. The molecule has 2 atom stereocenters. The summed E-state index contributed by atoms with van der Waals surface area (Å²) in [6.07, 6.45) is 0.673. The first-order valence-corrected chi connectivity index (χ1v) is 7.77. The van der Waals surface area contributed by atoms with Crippen LogP contribution in [0.25, 0.3) is 0 Å². The molecule has 2 rings (SSSR count). The lowest BCUT2D eigenvalue weighted by molar-refractivity contribution is 0.0930. The highest BCUT2D eigenvalue weighted by atomic mass is 32.2. The molecule has 112 valence electrons. The highest BCUT2D eigenvalue weighted by molar-refractivity contribution is 7.99.